The fourth-order valence-corrected chi connectivity index (χ4v) is 3.10. The number of nitrogens with one attached hydrogen (secondary N) is 1. The van der Waals surface area contributed by atoms with Crippen LogP contribution in [0, 0.1) is 0 Å². The van der Waals surface area contributed by atoms with Crippen LogP contribution in [-0.2, 0) is 0 Å². The fraction of sp³-hybridized carbons (Fsp3) is 0.312. The zero-order valence-electron chi connectivity index (χ0n) is 12.9. The molecular formula is C16H16N6O2. The van der Waals surface area contributed by atoms with Crippen molar-refractivity contribution >= 4 is 16.8 Å². The van der Waals surface area contributed by atoms with Crippen LogP contribution in [0.3, 0.4) is 0 Å². The standard InChI is InChI=1S/C16H16N6O2/c23-15-12-3-1-2-4-13(12)19-14(20-15)16(24)21-7-5-11(6-8-21)22-9-17-18-10-22/h1-4,9-11H,5-8H2,(H,19,20,23). The average molecular weight is 324 g/mol. The lowest BCUT2D eigenvalue weighted by Gasteiger charge is -2.31. The van der Waals surface area contributed by atoms with Crippen LogP contribution in [-0.4, -0.2) is 48.6 Å². The summed E-state index contributed by atoms with van der Waals surface area (Å²) in [5.41, 5.74) is 0.243. The van der Waals surface area contributed by atoms with E-state index >= 15 is 0 Å². The predicted molar refractivity (Wildman–Crippen MR) is 86.6 cm³/mol. The van der Waals surface area contributed by atoms with Crippen molar-refractivity contribution in [3.05, 3.63) is 53.1 Å². The second-order valence-corrected chi connectivity index (χ2v) is 5.86. The molecule has 24 heavy (non-hydrogen) atoms. The molecule has 3 heterocycles. The number of carbonyl (C=O) groups excluding carboxylic acids is 1. The van der Waals surface area contributed by atoms with Gasteiger partial charge in [-0.05, 0) is 25.0 Å². The highest BCUT2D eigenvalue weighted by Crippen LogP contribution is 2.22. The summed E-state index contributed by atoms with van der Waals surface area (Å²) in [6, 6.07) is 7.30. The van der Waals surface area contributed by atoms with Gasteiger partial charge in [0.2, 0.25) is 0 Å². The van der Waals surface area contributed by atoms with E-state index in [0.717, 1.165) is 12.8 Å². The molecule has 1 aromatic carbocycles. The lowest BCUT2D eigenvalue weighted by molar-refractivity contribution is 0.0682. The quantitative estimate of drug-likeness (QED) is 0.758. The molecule has 1 N–H and O–H groups in total. The topological polar surface area (TPSA) is 96.8 Å². The van der Waals surface area contributed by atoms with Gasteiger partial charge in [0.05, 0.1) is 10.9 Å². The number of likely N-dealkylation sites (tertiary alicyclic amines) is 1. The number of aromatic amines is 1. The minimum absolute atomic E-state index is 0.0986. The van der Waals surface area contributed by atoms with Gasteiger partial charge in [-0.1, -0.05) is 12.1 Å². The van der Waals surface area contributed by atoms with Crippen molar-refractivity contribution < 1.29 is 4.79 Å². The molecule has 0 bridgehead atoms. The summed E-state index contributed by atoms with van der Waals surface area (Å²) >= 11 is 0. The Kier molecular flexibility index (Phi) is 3.56. The number of fused-ring (bicyclic) bond motifs is 1. The number of hydrogen-bond donors (Lipinski definition) is 1. The largest absolute Gasteiger partial charge is 0.336 e. The fourth-order valence-electron chi connectivity index (χ4n) is 3.10. The van der Waals surface area contributed by atoms with E-state index in [2.05, 4.69) is 20.2 Å². The van der Waals surface area contributed by atoms with Gasteiger partial charge in [-0.25, -0.2) is 4.98 Å². The molecular weight excluding hydrogens is 308 g/mol. The molecule has 1 aliphatic rings. The Morgan fingerprint density at radius 1 is 1.12 bits per heavy atom. The van der Waals surface area contributed by atoms with Gasteiger partial charge < -0.3 is 14.5 Å². The van der Waals surface area contributed by atoms with Crippen molar-refractivity contribution in [3.63, 3.8) is 0 Å². The molecule has 0 saturated carbocycles. The number of para-hydroxylation sites is 1. The van der Waals surface area contributed by atoms with Crippen LogP contribution >= 0.6 is 0 Å². The van der Waals surface area contributed by atoms with Crippen LogP contribution in [0.25, 0.3) is 10.9 Å². The van der Waals surface area contributed by atoms with E-state index in [1.807, 2.05) is 4.57 Å². The van der Waals surface area contributed by atoms with Crippen LogP contribution in [0.15, 0.2) is 41.7 Å². The van der Waals surface area contributed by atoms with Gasteiger partial charge in [-0.2, -0.15) is 0 Å². The third-order valence-electron chi connectivity index (χ3n) is 4.43. The number of aromatic nitrogens is 5. The molecule has 2 aromatic heterocycles. The summed E-state index contributed by atoms with van der Waals surface area (Å²) < 4.78 is 1.97. The Bertz CT molecular complexity index is 925. The maximum absolute atomic E-state index is 12.7. The SMILES string of the molecule is O=C(c1nc2ccccc2c(=O)[nH]1)N1CCC(n2cnnc2)CC1. The number of hydrogen-bond acceptors (Lipinski definition) is 5. The van der Waals surface area contributed by atoms with Crippen molar-refractivity contribution in [1.82, 2.24) is 29.6 Å². The van der Waals surface area contributed by atoms with Gasteiger partial charge in [-0.3, -0.25) is 9.59 Å². The van der Waals surface area contributed by atoms with E-state index in [1.165, 1.54) is 0 Å². The second kappa shape index (κ2) is 5.88. The Morgan fingerprint density at radius 3 is 2.58 bits per heavy atom. The number of carbonyl (C=O) groups is 1. The molecule has 1 amide bonds. The second-order valence-electron chi connectivity index (χ2n) is 5.86. The number of H-pyrrole nitrogens is 1. The van der Waals surface area contributed by atoms with Gasteiger partial charge in [0.25, 0.3) is 11.5 Å². The van der Waals surface area contributed by atoms with E-state index < -0.39 is 0 Å². The third kappa shape index (κ3) is 2.55. The van der Waals surface area contributed by atoms with Crippen LogP contribution < -0.4 is 5.56 Å². The Balaban J connectivity index is 1.53. The number of benzene rings is 1. The lowest BCUT2D eigenvalue weighted by Crippen LogP contribution is -2.40. The minimum atomic E-state index is -0.289. The Morgan fingerprint density at radius 2 is 1.83 bits per heavy atom. The molecule has 3 aromatic rings. The van der Waals surface area contributed by atoms with Gasteiger partial charge in [0, 0.05) is 19.1 Å². The normalized spacial score (nSPS) is 15.8. The van der Waals surface area contributed by atoms with E-state index in [4.69, 9.17) is 0 Å². The summed E-state index contributed by atoms with van der Waals surface area (Å²) in [5.74, 6) is -0.137. The highest BCUT2D eigenvalue weighted by Gasteiger charge is 2.26. The van der Waals surface area contributed by atoms with E-state index in [9.17, 15) is 9.59 Å². The Labute approximate surface area is 137 Å². The van der Waals surface area contributed by atoms with Crippen LogP contribution in [0.5, 0.6) is 0 Å². The molecule has 1 fully saturated rings. The van der Waals surface area contributed by atoms with Crippen LogP contribution in [0.2, 0.25) is 0 Å². The predicted octanol–water partition coefficient (Wildman–Crippen LogP) is 0.992. The molecule has 4 rings (SSSR count). The monoisotopic (exact) mass is 324 g/mol. The van der Waals surface area contributed by atoms with Crippen molar-refractivity contribution in [2.24, 2.45) is 0 Å². The number of amides is 1. The van der Waals surface area contributed by atoms with Crippen molar-refractivity contribution in [2.45, 2.75) is 18.9 Å². The van der Waals surface area contributed by atoms with E-state index in [-0.39, 0.29) is 17.3 Å². The van der Waals surface area contributed by atoms with Crippen molar-refractivity contribution in [1.29, 1.82) is 0 Å². The molecule has 1 aliphatic heterocycles. The summed E-state index contributed by atoms with van der Waals surface area (Å²) in [5, 5.41) is 8.13. The zero-order chi connectivity index (χ0) is 16.5. The van der Waals surface area contributed by atoms with Gasteiger partial charge >= 0.3 is 0 Å². The maximum Gasteiger partial charge on any atom is 0.289 e. The zero-order valence-corrected chi connectivity index (χ0v) is 12.9. The minimum Gasteiger partial charge on any atom is -0.336 e. The first kappa shape index (κ1) is 14.6. The molecule has 8 nitrogen and oxygen atoms in total. The molecule has 0 radical (unpaired) electrons. The van der Waals surface area contributed by atoms with E-state index in [1.54, 1.807) is 41.8 Å². The number of piperidine rings is 1. The van der Waals surface area contributed by atoms with Crippen LogP contribution in [0.1, 0.15) is 29.5 Å². The third-order valence-corrected chi connectivity index (χ3v) is 4.43. The van der Waals surface area contributed by atoms with Gasteiger partial charge in [0.15, 0.2) is 5.82 Å². The molecule has 0 unspecified atom stereocenters. The highest BCUT2D eigenvalue weighted by atomic mass is 16.2. The average Bonchev–Trinajstić information content (AvgIpc) is 3.16. The van der Waals surface area contributed by atoms with Crippen LogP contribution in [0.4, 0.5) is 0 Å². The molecule has 0 atom stereocenters. The number of rotatable bonds is 2. The molecule has 0 aliphatic carbocycles. The Hall–Kier alpha value is -3.03. The summed E-state index contributed by atoms with van der Waals surface area (Å²) in [6.45, 7) is 1.22. The lowest BCUT2D eigenvalue weighted by atomic mass is 10.0. The first-order valence-electron chi connectivity index (χ1n) is 7.85. The van der Waals surface area contributed by atoms with E-state index in [0.29, 0.717) is 30.0 Å². The smallest absolute Gasteiger partial charge is 0.289 e. The van der Waals surface area contributed by atoms with Crippen molar-refractivity contribution in [3.8, 4) is 0 Å². The molecule has 0 spiro atoms. The summed E-state index contributed by atoms with van der Waals surface area (Å²) in [7, 11) is 0. The molecule has 122 valence electrons. The highest BCUT2D eigenvalue weighted by molar-refractivity contribution is 5.92. The molecule has 1 saturated heterocycles. The summed E-state index contributed by atoms with van der Waals surface area (Å²) in [4.78, 5) is 33.4. The van der Waals surface area contributed by atoms with Gasteiger partial charge in [0.1, 0.15) is 12.7 Å². The van der Waals surface area contributed by atoms with Gasteiger partial charge in [-0.15, -0.1) is 10.2 Å². The molecule has 8 heteroatoms. The number of nitrogens with zero attached hydrogens (tertiary/aromatic N) is 5. The first-order valence-corrected chi connectivity index (χ1v) is 7.85. The summed E-state index contributed by atoms with van der Waals surface area (Å²) in [6.07, 6.45) is 5.04. The first-order chi connectivity index (χ1) is 11.7. The maximum atomic E-state index is 12.7. The van der Waals surface area contributed by atoms with Crippen molar-refractivity contribution in [2.75, 3.05) is 13.1 Å².